The summed E-state index contributed by atoms with van der Waals surface area (Å²) in [6.07, 6.45) is 2.48. The van der Waals surface area contributed by atoms with Crippen LogP contribution in [0.15, 0.2) is 30.3 Å². The molecule has 0 spiro atoms. The van der Waals surface area contributed by atoms with Crippen molar-refractivity contribution >= 4 is 21.7 Å². The maximum Gasteiger partial charge on any atom is 0.241 e. The first kappa shape index (κ1) is 21.8. The number of rotatable bonds is 6. The molecule has 0 aromatic heterocycles. The molecule has 2 unspecified atom stereocenters. The molecule has 2 aliphatic heterocycles. The first-order chi connectivity index (χ1) is 13.9. The van der Waals surface area contributed by atoms with Crippen molar-refractivity contribution in [2.45, 2.75) is 32.2 Å². The summed E-state index contributed by atoms with van der Waals surface area (Å²) in [5, 5.41) is 2.90. The molecule has 2 heterocycles. The molecule has 0 radical (unpaired) electrons. The van der Waals surface area contributed by atoms with Gasteiger partial charge in [-0.3, -0.25) is 14.5 Å². The Labute approximate surface area is 173 Å². The third kappa shape index (κ3) is 6.02. The van der Waals surface area contributed by atoms with Gasteiger partial charge in [0.15, 0.2) is 9.84 Å². The fraction of sp³-hybridized carbons (Fsp3) is 0.619. The molecule has 2 amide bonds. The molecule has 1 aromatic rings. The van der Waals surface area contributed by atoms with Crippen LogP contribution in [0.3, 0.4) is 0 Å². The quantitative estimate of drug-likeness (QED) is 0.746. The minimum absolute atomic E-state index is 0.0647. The topological polar surface area (TPSA) is 86.8 Å². The van der Waals surface area contributed by atoms with Crippen molar-refractivity contribution in [3.05, 3.63) is 35.9 Å². The summed E-state index contributed by atoms with van der Waals surface area (Å²) < 4.78 is 23.6. The Morgan fingerprint density at radius 3 is 2.48 bits per heavy atom. The van der Waals surface area contributed by atoms with E-state index in [1.165, 1.54) is 0 Å². The van der Waals surface area contributed by atoms with E-state index in [2.05, 4.69) is 12.2 Å². The molecular weight excluding hydrogens is 390 g/mol. The first-order valence-corrected chi connectivity index (χ1v) is 12.2. The number of nitrogens with zero attached hydrogens (tertiary/aromatic N) is 2. The van der Waals surface area contributed by atoms with Crippen LogP contribution in [-0.4, -0.2) is 74.3 Å². The predicted octanol–water partition coefficient (Wildman–Crippen LogP) is 1.22. The molecule has 2 fully saturated rings. The third-order valence-electron chi connectivity index (χ3n) is 5.76. The minimum atomic E-state index is -3.03. The number of piperidine rings is 1. The fourth-order valence-electron chi connectivity index (χ4n) is 4.11. The van der Waals surface area contributed by atoms with Crippen LogP contribution in [0.4, 0.5) is 0 Å². The summed E-state index contributed by atoms with van der Waals surface area (Å²) in [6, 6.07) is 8.85. The van der Waals surface area contributed by atoms with Gasteiger partial charge in [-0.05, 0) is 24.3 Å². The largest absolute Gasteiger partial charge is 0.354 e. The van der Waals surface area contributed by atoms with Gasteiger partial charge in [0.1, 0.15) is 6.04 Å². The highest BCUT2D eigenvalue weighted by atomic mass is 32.2. The van der Waals surface area contributed by atoms with Gasteiger partial charge in [0.25, 0.3) is 0 Å². The lowest BCUT2D eigenvalue weighted by Crippen LogP contribution is -2.48. The Hall–Kier alpha value is -1.93. The number of amides is 2. The average molecular weight is 422 g/mol. The summed E-state index contributed by atoms with van der Waals surface area (Å²) in [5.41, 5.74) is 0.834. The van der Waals surface area contributed by atoms with Gasteiger partial charge in [-0.2, -0.15) is 0 Å². The lowest BCUT2D eigenvalue weighted by molar-refractivity contribution is -0.133. The molecule has 29 heavy (non-hydrogen) atoms. The summed E-state index contributed by atoms with van der Waals surface area (Å²) in [6.45, 7) is 4.70. The van der Waals surface area contributed by atoms with Gasteiger partial charge in [0.05, 0.1) is 11.5 Å². The van der Waals surface area contributed by atoms with Gasteiger partial charge in [-0.15, -0.1) is 0 Å². The SMILES string of the molecule is CC1CCCN(C(=O)CCNC(=O)C(c2ccccc2)N2CCS(=O)(=O)CC2)C1. The van der Waals surface area contributed by atoms with Gasteiger partial charge in [-0.1, -0.05) is 37.3 Å². The molecule has 1 aromatic carbocycles. The molecule has 3 rings (SSSR count). The number of carbonyl (C=O) groups is 2. The van der Waals surface area contributed by atoms with Crippen LogP contribution in [0.25, 0.3) is 0 Å². The van der Waals surface area contributed by atoms with E-state index in [-0.39, 0.29) is 36.3 Å². The van der Waals surface area contributed by atoms with Gasteiger partial charge < -0.3 is 10.2 Å². The maximum absolute atomic E-state index is 13.0. The number of hydrogen-bond donors (Lipinski definition) is 1. The minimum Gasteiger partial charge on any atom is -0.354 e. The zero-order valence-electron chi connectivity index (χ0n) is 17.0. The molecule has 1 N–H and O–H groups in total. The lowest BCUT2D eigenvalue weighted by Gasteiger charge is -2.34. The molecular formula is C21H31N3O4S. The highest BCUT2D eigenvalue weighted by Crippen LogP contribution is 2.23. The van der Waals surface area contributed by atoms with E-state index in [0.717, 1.165) is 31.5 Å². The van der Waals surface area contributed by atoms with Crippen molar-refractivity contribution in [1.29, 1.82) is 0 Å². The van der Waals surface area contributed by atoms with Crippen LogP contribution in [0.5, 0.6) is 0 Å². The van der Waals surface area contributed by atoms with E-state index in [1.54, 1.807) is 0 Å². The van der Waals surface area contributed by atoms with Gasteiger partial charge >= 0.3 is 0 Å². The molecule has 2 saturated heterocycles. The van der Waals surface area contributed by atoms with Crippen molar-refractivity contribution in [2.75, 3.05) is 44.2 Å². The van der Waals surface area contributed by atoms with Crippen LogP contribution >= 0.6 is 0 Å². The van der Waals surface area contributed by atoms with E-state index < -0.39 is 15.9 Å². The van der Waals surface area contributed by atoms with Crippen molar-refractivity contribution < 1.29 is 18.0 Å². The van der Waals surface area contributed by atoms with Gasteiger partial charge in [0.2, 0.25) is 11.8 Å². The Morgan fingerprint density at radius 1 is 1.14 bits per heavy atom. The number of nitrogens with one attached hydrogen (secondary N) is 1. The Morgan fingerprint density at radius 2 is 1.83 bits per heavy atom. The van der Waals surface area contributed by atoms with Crippen molar-refractivity contribution in [3.8, 4) is 0 Å². The summed E-state index contributed by atoms with van der Waals surface area (Å²) in [4.78, 5) is 29.2. The number of hydrogen-bond acceptors (Lipinski definition) is 5. The number of likely N-dealkylation sites (tertiary alicyclic amines) is 1. The van der Waals surface area contributed by atoms with Crippen LogP contribution in [0.2, 0.25) is 0 Å². The van der Waals surface area contributed by atoms with Gasteiger partial charge in [-0.25, -0.2) is 8.42 Å². The first-order valence-electron chi connectivity index (χ1n) is 10.4. The average Bonchev–Trinajstić information content (AvgIpc) is 2.70. The molecule has 0 bridgehead atoms. The normalized spacial score (nSPS) is 23.3. The van der Waals surface area contributed by atoms with Crippen LogP contribution in [0, 0.1) is 5.92 Å². The Balaban J connectivity index is 1.59. The third-order valence-corrected chi connectivity index (χ3v) is 7.36. The predicted molar refractivity (Wildman–Crippen MR) is 112 cm³/mol. The highest BCUT2D eigenvalue weighted by molar-refractivity contribution is 7.91. The molecule has 0 saturated carbocycles. The second kappa shape index (κ2) is 9.71. The fourth-order valence-corrected chi connectivity index (χ4v) is 5.34. The number of benzene rings is 1. The molecule has 8 heteroatoms. The second-order valence-corrected chi connectivity index (χ2v) is 10.4. The lowest BCUT2D eigenvalue weighted by atomic mass is 10.00. The summed E-state index contributed by atoms with van der Waals surface area (Å²) in [7, 11) is -3.03. The van der Waals surface area contributed by atoms with Crippen molar-refractivity contribution in [3.63, 3.8) is 0 Å². The Kier molecular flexibility index (Phi) is 7.29. The van der Waals surface area contributed by atoms with Crippen LogP contribution in [0.1, 0.15) is 37.8 Å². The van der Waals surface area contributed by atoms with E-state index >= 15 is 0 Å². The second-order valence-electron chi connectivity index (χ2n) is 8.13. The molecule has 2 aliphatic rings. The van der Waals surface area contributed by atoms with Crippen LogP contribution < -0.4 is 5.32 Å². The maximum atomic E-state index is 13.0. The monoisotopic (exact) mass is 421 g/mol. The number of carbonyl (C=O) groups excluding carboxylic acids is 2. The zero-order chi connectivity index (χ0) is 20.9. The van der Waals surface area contributed by atoms with E-state index in [0.29, 0.717) is 19.0 Å². The van der Waals surface area contributed by atoms with Crippen molar-refractivity contribution in [2.24, 2.45) is 5.92 Å². The van der Waals surface area contributed by atoms with Gasteiger partial charge in [0, 0.05) is 39.1 Å². The Bertz CT molecular complexity index is 798. The van der Waals surface area contributed by atoms with E-state index in [9.17, 15) is 18.0 Å². The molecule has 160 valence electrons. The van der Waals surface area contributed by atoms with Crippen LogP contribution in [-0.2, 0) is 19.4 Å². The van der Waals surface area contributed by atoms with E-state index in [1.807, 2.05) is 40.1 Å². The molecule has 0 aliphatic carbocycles. The number of sulfone groups is 1. The van der Waals surface area contributed by atoms with Crippen molar-refractivity contribution in [1.82, 2.24) is 15.1 Å². The smallest absolute Gasteiger partial charge is 0.241 e. The summed E-state index contributed by atoms with van der Waals surface area (Å²) >= 11 is 0. The highest BCUT2D eigenvalue weighted by Gasteiger charge is 2.32. The molecule has 2 atom stereocenters. The molecule has 7 nitrogen and oxygen atoms in total. The van der Waals surface area contributed by atoms with E-state index in [4.69, 9.17) is 0 Å². The standard InChI is InChI=1S/C21H31N3O4S/c1-17-6-5-11-24(16-17)19(25)9-10-22-21(26)20(18-7-3-2-4-8-18)23-12-14-29(27,28)15-13-23/h2-4,7-8,17,20H,5-6,9-16H2,1H3,(H,22,26). The zero-order valence-corrected chi connectivity index (χ0v) is 17.9. The summed E-state index contributed by atoms with van der Waals surface area (Å²) in [5.74, 6) is 0.553.